The fourth-order valence-corrected chi connectivity index (χ4v) is 5.29. The second-order valence-electron chi connectivity index (χ2n) is 6.62. The zero-order valence-electron chi connectivity index (χ0n) is 14.6. The number of anilines is 1. The predicted molar refractivity (Wildman–Crippen MR) is 110 cm³/mol. The Bertz CT molecular complexity index is 1070. The Labute approximate surface area is 175 Å². The molecule has 1 aliphatic heterocycles. The van der Waals surface area contributed by atoms with Gasteiger partial charge in [-0.25, -0.2) is 4.98 Å². The zero-order valence-corrected chi connectivity index (χ0v) is 17.0. The molecule has 142 valence electrons. The van der Waals surface area contributed by atoms with E-state index in [1.165, 1.54) is 23.1 Å². The van der Waals surface area contributed by atoms with Gasteiger partial charge < -0.3 is 14.8 Å². The number of fused-ring (bicyclic) bond motifs is 1. The smallest absolute Gasteiger partial charge is 0.236 e. The van der Waals surface area contributed by atoms with E-state index in [0.29, 0.717) is 15.9 Å². The molecule has 5 nitrogen and oxygen atoms in total. The second-order valence-corrected chi connectivity index (χ2v) is 9.40. The van der Waals surface area contributed by atoms with Crippen molar-refractivity contribution in [2.75, 3.05) is 12.1 Å². The maximum Gasteiger partial charge on any atom is 0.236 e. The molecule has 1 fully saturated rings. The van der Waals surface area contributed by atoms with E-state index in [1.807, 2.05) is 42.5 Å². The number of nitrogens with one attached hydrogen (secondary N) is 1. The molecule has 1 amide bonds. The maximum absolute atomic E-state index is 13.0. The number of aromatic nitrogens is 1. The van der Waals surface area contributed by atoms with E-state index >= 15 is 0 Å². The summed E-state index contributed by atoms with van der Waals surface area (Å²) in [5.74, 6) is 1.39. The highest BCUT2D eigenvalue weighted by Crippen LogP contribution is 2.51. The molecule has 1 N–H and O–H groups in total. The number of benzene rings is 2. The Morgan fingerprint density at radius 1 is 1.18 bits per heavy atom. The number of nitrogens with zero attached hydrogens (tertiary/aromatic N) is 1. The summed E-state index contributed by atoms with van der Waals surface area (Å²) in [4.78, 5) is 18.3. The van der Waals surface area contributed by atoms with Crippen LogP contribution in [-0.4, -0.2) is 17.7 Å². The van der Waals surface area contributed by atoms with Crippen molar-refractivity contribution in [1.29, 1.82) is 0 Å². The van der Waals surface area contributed by atoms with Crippen molar-refractivity contribution in [1.82, 2.24) is 4.98 Å². The number of hydrogen-bond donors (Lipinski definition) is 1. The quantitative estimate of drug-likeness (QED) is 0.591. The number of amides is 1. The molecule has 0 radical (unpaired) electrons. The predicted octanol–water partition coefficient (Wildman–Crippen LogP) is 5.35. The van der Waals surface area contributed by atoms with Crippen molar-refractivity contribution in [3.05, 3.63) is 59.2 Å². The van der Waals surface area contributed by atoms with Gasteiger partial charge in [-0.15, -0.1) is 0 Å². The largest absolute Gasteiger partial charge is 0.454 e. The van der Waals surface area contributed by atoms with Gasteiger partial charge in [-0.05, 0) is 42.7 Å². The summed E-state index contributed by atoms with van der Waals surface area (Å²) in [5, 5.41) is 4.27. The molecule has 8 heteroatoms. The van der Waals surface area contributed by atoms with Gasteiger partial charge in [0.1, 0.15) is 0 Å². The van der Waals surface area contributed by atoms with Crippen molar-refractivity contribution in [2.45, 2.75) is 27.4 Å². The van der Waals surface area contributed by atoms with E-state index in [4.69, 9.17) is 21.1 Å². The third-order valence-electron chi connectivity index (χ3n) is 4.86. The lowest BCUT2D eigenvalue weighted by Gasteiger charge is -2.15. The average Bonchev–Trinajstić information content (AvgIpc) is 3.18. The Balaban J connectivity index is 1.31. The first-order valence-electron chi connectivity index (χ1n) is 8.74. The van der Waals surface area contributed by atoms with Gasteiger partial charge in [0.15, 0.2) is 16.6 Å². The van der Waals surface area contributed by atoms with E-state index in [1.54, 1.807) is 6.20 Å². The molecule has 0 atom stereocenters. The summed E-state index contributed by atoms with van der Waals surface area (Å²) in [5.41, 5.74) is 0.444. The lowest BCUT2D eigenvalue weighted by molar-refractivity contribution is -0.118. The minimum absolute atomic E-state index is 0.0324. The Morgan fingerprint density at radius 2 is 2.00 bits per heavy atom. The van der Waals surface area contributed by atoms with E-state index in [2.05, 4.69) is 10.3 Å². The minimum atomic E-state index is -0.511. The molecule has 0 saturated heterocycles. The third-order valence-corrected chi connectivity index (χ3v) is 7.39. The lowest BCUT2D eigenvalue weighted by Crippen LogP contribution is -2.27. The monoisotopic (exact) mass is 430 g/mol. The number of carbonyl (C=O) groups excluding carboxylic acids is 1. The zero-order chi connectivity index (χ0) is 19.1. The Kier molecular flexibility index (Phi) is 4.45. The summed E-state index contributed by atoms with van der Waals surface area (Å²) in [6.07, 6.45) is 3.38. The molecule has 28 heavy (non-hydrogen) atoms. The summed E-state index contributed by atoms with van der Waals surface area (Å²) in [6.45, 7) is 0.225. The minimum Gasteiger partial charge on any atom is -0.454 e. The van der Waals surface area contributed by atoms with Crippen molar-refractivity contribution in [3.63, 3.8) is 0 Å². The fourth-order valence-electron chi connectivity index (χ4n) is 3.18. The first kappa shape index (κ1) is 17.8. The summed E-state index contributed by atoms with van der Waals surface area (Å²) < 4.78 is 11.8. The van der Waals surface area contributed by atoms with Gasteiger partial charge in [-0.2, -0.15) is 0 Å². The summed E-state index contributed by atoms with van der Waals surface area (Å²) in [7, 11) is 0. The number of hydrogen-bond acceptors (Lipinski definition) is 6. The molecule has 2 heterocycles. The van der Waals surface area contributed by atoms with Gasteiger partial charge in [-0.3, -0.25) is 4.79 Å². The summed E-state index contributed by atoms with van der Waals surface area (Å²) >= 11 is 9.19. The highest BCUT2D eigenvalue weighted by Gasteiger charge is 2.52. The highest BCUT2D eigenvalue weighted by atomic mass is 35.5. The van der Waals surface area contributed by atoms with Crippen LogP contribution in [0.15, 0.2) is 57.8 Å². The third kappa shape index (κ3) is 3.23. The van der Waals surface area contributed by atoms with Gasteiger partial charge in [-0.1, -0.05) is 52.9 Å². The van der Waals surface area contributed by atoms with Crippen LogP contribution in [0.25, 0.3) is 0 Å². The van der Waals surface area contributed by atoms with Gasteiger partial charge >= 0.3 is 0 Å². The van der Waals surface area contributed by atoms with E-state index in [0.717, 1.165) is 33.3 Å². The summed E-state index contributed by atoms with van der Waals surface area (Å²) in [6, 6.07) is 13.4. The van der Waals surface area contributed by atoms with Crippen LogP contribution in [0.3, 0.4) is 0 Å². The van der Waals surface area contributed by atoms with Crippen molar-refractivity contribution < 1.29 is 14.3 Å². The van der Waals surface area contributed by atoms with Crippen LogP contribution in [0.2, 0.25) is 5.02 Å². The number of thiazole rings is 1. The van der Waals surface area contributed by atoms with Gasteiger partial charge in [0.05, 0.1) is 20.8 Å². The standard InChI is InChI=1S/C20H15ClN2O3S2/c21-13-3-1-2-4-16(13)27-17-10-22-19(28-17)23-18(24)20(7-8-20)12-5-6-14-15(9-12)26-11-25-14/h1-6,9-10H,7-8,11H2,(H,22,23,24). The van der Waals surface area contributed by atoms with Crippen LogP contribution in [0, 0.1) is 0 Å². The van der Waals surface area contributed by atoms with Crippen molar-refractivity contribution in [2.24, 2.45) is 0 Å². The maximum atomic E-state index is 13.0. The SMILES string of the molecule is O=C(Nc1ncc(Sc2ccccc2Cl)s1)C1(c2ccc3c(c2)OCO3)CC1. The number of rotatable bonds is 5. The molecule has 1 aliphatic carbocycles. The normalized spacial score (nSPS) is 16.0. The molecule has 3 aromatic rings. The second kappa shape index (κ2) is 6.99. The van der Waals surface area contributed by atoms with Crippen LogP contribution in [0.1, 0.15) is 18.4 Å². The number of carbonyl (C=O) groups is 1. The lowest BCUT2D eigenvalue weighted by atomic mass is 9.94. The van der Waals surface area contributed by atoms with Crippen LogP contribution in [0.4, 0.5) is 5.13 Å². The number of halogens is 1. The molecule has 1 aromatic heterocycles. The number of ether oxygens (including phenoxy) is 2. The molecule has 0 unspecified atom stereocenters. The molecule has 5 rings (SSSR count). The van der Waals surface area contributed by atoms with E-state index in [-0.39, 0.29) is 12.7 Å². The van der Waals surface area contributed by atoms with Crippen LogP contribution in [0.5, 0.6) is 11.5 Å². The molecule has 1 saturated carbocycles. The van der Waals surface area contributed by atoms with E-state index in [9.17, 15) is 4.79 Å². The van der Waals surface area contributed by atoms with Crippen LogP contribution in [-0.2, 0) is 10.2 Å². The van der Waals surface area contributed by atoms with Crippen molar-refractivity contribution >= 4 is 45.7 Å². The van der Waals surface area contributed by atoms with Crippen molar-refractivity contribution in [3.8, 4) is 11.5 Å². The fraction of sp³-hybridized carbons (Fsp3) is 0.200. The Morgan fingerprint density at radius 3 is 2.82 bits per heavy atom. The van der Waals surface area contributed by atoms with Crippen LogP contribution >= 0.6 is 34.7 Å². The molecule has 0 spiro atoms. The van der Waals surface area contributed by atoms with Gasteiger partial charge in [0, 0.05) is 4.90 Å². The molecule has 0 bridgehead atoms. The van der Waals surface area contributed by atoms with Gasteiger partial charge in [0.25, 0.3) is 0 Å². The topological polar surface area (TPSA) is 60.5 Å². The first-order valence-corrected chi connectivity index (χ1v) is 10.7. The molecule has 2 aromatic carbocycles. The molecular formula is C20H15ClN2O3S2. The van der Waals surface area contributed by atoms with Gasteiger partial charge in [0.2, 0.25) is 12.7 Å². The Hall–Kier alpha value is -2.22. The average molecular weight is 431 g/mol. The molecular weight excluding hydrogens is 416 g/mol. The van der Waals surface area contributed by atoms with E-state index < -0.39 is 5.41 Å². The van der Waals surface area contributed by atoms with Crippen LogP contribution < -0.4 is 14.8 Å². The highest BCUT2D eigenvalue weighted by molar-refractivity contribution is 8.01. The molecule has 2 aliphatic rings. The first-order chi connectivity index (χ1) is 13.6.